The third-order valence-electron chi connectivity index (χ3n) is 5.61. The first-order valence-electron chi connectivity index (χ1n) is 8.63. The molecule has 4 heteroatoms. The fourth-order valence-electron chi connectivity index (χ4n) is 4.01. The van der Waals surface area contributed by atoms with Gasteiger partial charge in [0.2, 0.25) is 5.91 Å². The molecule has 0 N–H and O–H groups in total. The lowest BCUT2D eigenvalue weighted by atomic mass is 9.76. The number of benzene rings is 2. The predicted octanol–water partition coefficient (Wildman–Crippen LogP) is 4.73. The van der Waals surface area contributed by atoms with Crippen LogP contribution in [0.5, 0.6) is 5.75 Å². The largest absolute Gasteiger partial charge is 0.488 e. The molecule has 0 aromatic heterocycles. The fraction of sp³-hybridized carbons (Fsp3) is 0.381. The molecule has 4 rings (SSSR count). The standard InChI is InChI=1S/C21H22ClNO2/c1-20(2)10-9-13-11-14(5-8-18(13)25-20)21(3)16-12-15(22)6-7-17(16)23(4)19(21)24/h5-8,11-12H,9-10H2,1-4H3/t21-/m0/s1. The summed E-state index contributed by atoms with van der Waals surface area (Å²) in [5.41, 5.74) is 3.19. The molecule has 2 heterocycles. The van der Waals surface area contributed by atoms with Crippen molar-refractivity contribution in [1.29, 1.82) is 0 Å². The van der Waals surface area contributed by atoms with Crippen LogP contribution in [0.3, 0.4) is 0 Å². The Bertz CT molecular complexity index is 889. The van der Waals surface area contributed by atoms with Crippen LogP contribution in [0.25, 0.3) is 0 Å². The van der Waals surface area contributed by atoms with Gasteiger partial charge in [-0.25, -0.2) is 0 Å². The number of carbonyl (C=O) groups excluding carboxylic acids is 1. The number of rotatable bonds is 1. The zero-order valence-corrected chi connectivity index (χ0v) is 15.8. The predicted molar refractivity (Wildman–Crippen MR) is 101 cm³/mol. The summed E-state index contributed by atoms with van der Waals surface area (Å²) in [6, 6.07) is 11.8. The molecule has 25 heavy (non-hydrogen) atoms. The number of hydrogen-bond donors (Lipinski definition) is 0. The zero-order chi connectivity index (χ0) is 18.0. The minimum absolute atomic E-state index is 0.0711. The molecule has 130 valence electrons. The molecule has 0 fully saturated rings. The molecule has 1 amide bonds. The van der Waals surface area contributed by atoms with Gasteiger partial charge in [0, 0.05) is 17.8 Å². The van der Waals surface area contributed by atoms with Gasteiger partial charge < -0.3 is 9.64 Å². The number of nitrogens with zero attached hydrogens (tertiary/aromatic N) is 1. The Morgan fingerprint density at radius 1 is 1.12 bits per heavy atom. The third-order valence-corrected chi connectivity index (χ3v) is 5.85. The number of likely N-dealkylation sites (N-methyl/N-ethyl adjacent to an activating group) is 1. The van der Waals surface area contributed by atoms with E-state index >= 15 is 0 Å². The number of amides is 1. The Hall–Kier alpha value is -2.00. The normalized spacial score (nSPS) is 23.9. The summed E-state index contributed by atoms with van der Waals surface area (Å²) in [5, 5.41) is 0.649. The maximum Gasteiger partial charge on any atom is 0.241 e. The van der Waals surface area contributed by atoms with Gasteiger partial charge in [-0.15, -0.1) is 0 Å². The molecule has 2 aromatic carbocycles. The van der Waals surface area contributed by atoms with Crippen molar-refractivity contribution in [3.05, 3.63) is 58.1 Å². The lowest BCUT2D eigenvalue weighted by Crippen LogP contribution is -2.37. The van der Waals surface area contributed by atoms with Gasteiger partial charge >= 0.3 is 0 Å². The molecule has 0 saturated carbocycles. The summed E-state index contributed by atoms with van der Waals surface area (Å²) >= 11 is 6.23. The Labute approximate surface area is 153 Å². The van der Waals surface area contributed by atoms with Crippen molar-refractivity contribution < 1.29 is 9.53 Å². The van der Waals surface area contributed by atoms with Gasteiger partial charge in [-0.2, -0.15) is 0 Å². The molecule has 0 unspecified atom stereocenters. The van der Waals surface area contributed by atoms with E-state index in [1.54, 1.807) is 4.90 Å². The van der Waals surface area contributed by atoms with Gasteiger partial charge in [-0.1, -0.05) is 23.7 Å². The van der Waals surface area contributed by atoms with Gasteiger partial charge in [0.1, 0.15) is 11.4 Å². The van der Waals surface area contributed by atoms with E-state index in [0.29, 0.717) is 5.02 Å². The third kappa shape index (κ3) is 2.36. The van der Waals surface area contributed by atoms with Crippen LogP contribution < -0.4 is 9.64 Å². The van der Waals surface area contributed by atoms with E-state index in [0.717, 1.165) is 35.4 Å². The second-order valence-corrected chi connectivity index (χ2v) is 8.27. The maximum absolute atomic E-state index is 13.1. The molecule has 0 spiro atoms. The average molecular weight is 356 g/mol. The summed E-state index contributed by atoms with van der Waals surface area (Å²) in [4.78, 5) is 14.8. The van der Waals surface area contributed by atoms with Crippen molar-refractivity contribution in [1.82, 2.24) is 0 Å². The highest BCUT2D eigenvalue weighted by Crippen LogP contribution is 2.47. The topological polar surface area (TPSA) is 29.5 Å². The number of ether oxygens (including phenoxy) is 1. The average Bonchev–Trinajstić information content (AvgIpc) is 2.76. The molecule has 0 saturated heterocycles. The summed E-state index contributed by atoms with van der Waals surface area (Å²) in [5.74, 6) is 0.996. The number of aryl methyl sites for hydroxylation is 1. The van der Waals surface area contributed by atoms with Gasteiger partial charge in [0.15, 0.2) is 0 Å². The highest BCUT2D eigenvalue weighted by molar-refractivity contribution is 6.31. The molecule has 2 aromatic rings. The van der Waals surface area contributed by atoms with Crippen LogP contribution in [-0.2, 0) is 16.6 Å². The van der Waals surface area contributed by atoms with Gasteiger partial charge in [-0.3, -0.25) is 4.79 Å². The van der Waals surface area contributed by atoms with Crippen molar-refractivity contribution >= 4 is 23.2 Å². The van der Waals surface area contributed by atoms with Crippen LogP contribution in [0.2, 0.25) is 5.02 Å². The van der Waals surface area contributed by atoms with Crippen LogP contribution in [0, 0.1) is 0 Å². The smallest absolute Gasteiger partial charge is 0.241 e. The van der Waals surface area contributed by atoms with E-state index in [1.165, 1.54) is 5.56 Å². The molecular weight excluding hydrogens is 334 g/mol. The first-order chi connectivity index (χ1) is 11.7. The minimum atomic E-state index is -0.725. The first-order valence-corrected chi connectivity index (χ1v) is 9.01. The zero-order valence-electron chi connectivity index (χ0n) is 15.0. The highest BCUT2D eigenvalue weighted by atomic mass is 35.5. The van der Waals surface area contributed by atoms with Crippen LogP contribution in [0.1, 0.15) is 43.9 Å². The van der Waals surface area contributed by atoms with E-state index in [9.17, 15) is 4.79 Å². The number of anilines is 1. The number of carbonyl (C=O) groups is 1. The maximum atomic E-state index is 13.1. The van der Waals surface area contributed by atoms with Crippen molar-refractivity contribution in [2.75, 3.05) is 11.9 Å². The quantitative estimate of drug-likeness (QED) is 0.740. The number of hydrogen-bond acceptors (Lipinski definition) is 2. The van der Waals surface area contributed by atoms with E-state index in [4.69, 9.17) is 16.3 Å². The molecule has 0 radical (unpaired) electrons. The Morgan fingerprint density at radius 3 is 2.64 bits per heavy atom. The Kier molecular flexibility index (Phi) is 3.46. The van der Waals surface area contributed by atoms with Gasteiger partial charge in [-0.05, 0) is 74.6 Å². The van der Waals surface area contributed by atoms with Crippen LogP contribution in [0.15, 0.2) is 36.4 Å². The van der Waals surface area contributed by atoms with Crippen LogP contribution in [-0.4, -0.2) is 18.6 Å². The van der Waals surface area contributed by atoms with Gasteiger partial charge in [0.05, 0.1) is 5.41 Å². The Balaban J connectivity index is 1.85. The second kappa shape index (κ2) is 5.25. The molecule has 1 atom stereocenters. The summed E-state index contributed by atoms with van der Waals surface area (Å²) in [6.07, 6.45) is 1.93. The monoisotopic (exact) mass is 355 g/mol. The van der Waals surface area contributed by atoms with Crippen molar-refractivity contribution in [3.8, 4) is 5.75 Å². The molecule has 2 aliphatic rings. The van der Waals surface area contributed by atoms with Crippen molar-refractivity contribution in [3.63, 3.8) is 0 Å². The number of halogens is 1. The molecule has 3 nitrogen and oxygen atoms in total. The second-order valence-electron chi connectivity index (χ2n) is 7.83. The lowest BCUT2D eigenvalue weighted by Gasteiger charge is -2.34. The van der Waals surface area contributed by atoms with Gasteiger partial charge in [0.25, 0.3) is 0 Å². The van der Waals surface area contributed by atoms with E-state index in [1.807, 2.05) is 44.3 Å². The Morgan fingerprint density at radius 2 is 1.88 bits per heavy atom. The van der Waals surface area contributed by atoms with E-state index in [2.05, 4.69) is 19.9 Å². The lowest BCUT2D eigenvalue weighted by molar-refractivity contribution is -0.121. The van der Waals surface area contributed by atoms with Crippen LogP contribution in [0.4, 0.5) is 5.69 Å². The molecule has 2 aliphatic heterocycles. The van der Waals surface area contributed by atoms with Crippen molar-refractivity contribution in [2.45, 2.75) is 44.6 Å². The fourth-order valence-corrected chi connectivity index (χ4v) is 4.18. The molecular formula is C21H22ClNO2. The summed E-state index contributed by atoms with van der Waals surface area (Å²) < 4.78 is 6.09. The van der Waals surface area contributed by atoms with Crippen LogP contribution >= 0.6 is 11.6 Å². The first kappa shape index (κ1) is 16.5. The van der Waals surface area contributed by atoms with Crippen molar-refractivity contribution in [2.24, 2.45) is 0 Å². The van der Waals surface area contributed by atoms with E-state index in [-0.39, 0.29) is 11.5 Å². The summed E-state index contributed by atoms with van der Waals surface area (Å²) in [6.45, 7) is 6.21. The highest BCUT2D eigenvalue weighted by Gasteiger charge is 2.47. The number of fused-ring (bicyclic) bond motifs is 2. The SMILES string of the molecule is CN1C(=O)[C@@](C)(c2ccc3c(c2)CCC(C)(C)O3)c2cc(Cl)ccc21. The molecule has 0 aliphatic carbocycles. The van der Waals surface area contributed by atoms with E-state index < -0.39 is 5.41 Å². The minimum Gasteiger partial charge on any atom is -0.488 e. The molecule has 0 bridgehead atoms. The summed E-state index contributed by atoms with van der Waals surface area (Å²) in [7, 11) is 1.82.